The van der Waals surface area contributed by atoms with Gasteiger partial charge in [0.25, 0.3) is 0 Å². The first kappa shape index (κ1) is 37.5. The summed E-state index contributed by atoms with van der Waals surface area (Å²) in [5.41, 5.74) is 13.3. The molecule has 1 atom stereocenters. The normalized spacial score (nSPS) is 17.3. The molecule has 0 radical (unpaired) electrons. The molecule has 0 heterocycles. The van der Waals surface area contributed by atoms with E-state index in [0.717, 1.165) is 0 Å². The van der Waals surface area contributed by atoms with Crippen LogP contribution in [0.2, 0.25) is 3.12 Å². The van der Waals surface area contributed by atoms with Gasteiger partial charge in [-0.3, -0.25) is 0 Å². The zero-order chi connectivity index (χ0) is 32.4. The minimum absolute atomic E-state index is 0. The molecule has 3 heteroatoms. The van der Waals surface area contributed by atoms with Crippen LogP contribution in [-0.4, -0.2) is 3.21 Å². The molecule has 0 N–H and O–H groups in total. The third-order valence-corrected chi connectivity index (χ3v) is 19.2. The van der Waals surface area contributed by atoms with E-state index in [0.29, 0.717) is 3.63 Å². The van der Waals surface area contributed by atoms with Crippen molar-refractivity contribution in [3.05, 3.63) is 154 Å². The molecule has 4 aromatic carbocycles. The van der Waals surface area contributed by atoms with E-state index >= 15 is 0 Å². The van der Waals surface area contributed by atoms with Crippen molar-refractivity contribution in [1.82, 2.24) is 0 Å². The van der Waals surface area contributed by atoms with Crippen molar-refractivity contribution in [2.45, 2.75) is 86.8 Å². The van der Waals surface area contributed by atoms with Gasteiger partial charge in [0.05, 0.1) is 0 Å². The molecule has 0 amide bonds. The molecule has 0 aliphatic heterocycles. The summed E-state index contributed by atoms with van der Waals surface area (Å²) in [4.78, 5) is 0. The minimum atomic E-state index is -2.90. The van der Waals surface area contributed by atoms with Gasteiger partial charge in [0.1, 0.15) is 0 Å². The molecule has 0 bridgehead atoms. The van der Waals surface area contributed by atoms with Crippen molar-refractivity contribution in [2.75, 3.05) is 0 Å². The van der Waals surface area contributed by atoms with Crippen LogP contribution in [0, 0.1) is 5.41 Å². The summed E-state index contributed by atoms with van der Waals surface area (Å²) in [6, 6.07) is 37.6. The smallest absolute Gasteiger partial charge is 0.147 e. The largest absolute Gasteiger partial charge is 0.147 e. The number of halogens is 2. The van der Waals surface area contributed by atoms with E-state index in [1.165, 1.54) is 39.0 Å². The molecule has 47 heavy (non-hydrogen) atoms. The predicted octanol–water partition coefficient (Wildman–Crippen LogP) is 12.8. The maximum absolute atomic E-state index is 2.90. The Labute approximate surface area is 304 Å². The van der Waals surface area contributed by atoms with E-state index in [1.54, 1.807) is 14.3 Å². The Hall–Kier alpha value is -2.31. The number of hydrogen-bond donors (Lipinski definition) is 0. The monoisotopic (exact) mass is 740 g/mol. The molecule has 1 unspecified atom stereocenters. The van der Waals surface area contributed by atoms with Crippen LogP contribution in [0.1, 0.15) is 106 Å². The van der Waals surface area contributed by atoms with Crippen molar-refractivity contribution >= 4 is 28.0 Å². The van der Waals surface area contributed by atoms with Gasteiger partial charge in [-0.2, -0.15) is 0 Å². The predicted molar refractivity (Wildman–Crippen MR) is 207 cm³/mol. The summed E-state index contributed by atoms with van der Waals surface area (Å²) in [7, 11) is 0. The number of rotatable bonds is 4. The van der Waals surface area contributed by atoms with Crippen LogP contribution in [0.15, 0.2) is 121 Å². The quantitative estimate of drug-likeness (QED) is 0.195. The first-order chi connectivity index (χ1) is 21.1. The second-order valence-electron chi connectivity index (χ2n) is 16.5. The van der Waals surface area contributed by atoms with E-state index in [9.17, 15) is 0 Å². The molecule has 0 spiro atoms. The van der Waals surface area contributed by atoms with E-state index in [2.05, 4.69) is 185 Å². The van der Waals surface area contributed by atoms with Crippen LogP contribution >= 0.6 is 24.8 Å². The molecule has 246 valence electrons. The van der Waals surface area contributed by atoms with E-state index in [1.807, 2.05) is 0 Å². The maximum Gasteiger partial charge on any atom is -0.147 e. The SMILES string of the molecule is CC(C)(C)C1=C[C](C)([Zr](=[C](c2ccccc2)c2ccccc2)[CH]2c3cc(C(C)(C)C)ccc3-c3ccc(C(C)(C)C)cc32)C=C1.Cl.Cl. The number of fused-ring (bicyclic) bond motifs is 3. The summed E-state index contributed by atoms with van der Waals surface area (Å²) in [5, 5.41) is 0. The maximum atomic E-state index is 2.69. The second kappa shape index (κ2) is 13.5. The van der Waals surface area contributed by atoms with Crippen LogP contribution in [0.3, 0.4) is 0 Å². The fourth-order valence-corrected chi connectivity index (χ4v) is 17.3. The van der Waals surface area contributed by atoms with Gasteiger partial charge < -0.3 is 0 Å². The molecule has 6 rings (SSSR count). The van der Waals surface area contributed by atoms with E-state index in [-0.39, 0.29) is 44.2 Å². The standard InChI is InChI=1S/C21H25.C13H10.C10H15.2ClH.Zr/c1-20(2,3)16-7-9-18-14(12-16)11-15-13-17(21(4,5)6)8-10-19(15)18;1-3-7-12(8-4-1)11-13-9-5-2-6-10-13;1-8-5-6-9(7-8)10(2,3)4;;;/h7-13H,1-6H3;1-10H;5-7H,1-4H3;2*1H;. The Kier molecular flexibility index (Phi) is 10.8. The molecule has 0 saturated carbocycles. The van der Waals surface area contributed by atoms with Crippen molar-refractivity contribution < 1.29 is 21.3 Å². The van der Waals surface area contributed by atoms with Crippen molar-refractivity contribution in [3.8, 4) is 11.1 Å². The fourth-order valence-electron chi connectivity index (χ4n) is 7.23. The Morgan fingerprint density at radius 1 is 0.574 bits per heavy atom. The van der Waals surface area contributed by atoms with Crippen molar-refractivity contribution in [1.29, 1.82) is 0 Å². The van der Waals surface area contributed by atoms with Gasteiger partial charge in [-0.15, -0.1) is 24.8 Å². The van der Waals surface area contributed by atoms with Gasteiger partial charge in [0.2, 0.25) is 0 Å². The fraction of sp³-hybridized carbons (Fsp3) is 0.341. The van der Waals surface area contributed by atoms with E-state index < -0.39 is 21.3 Å². The molecule has 0 saturated heterocycles. The summed E-state index contributed by atoms with van der Waals surface area (Å²) >= 11 is -2.90. The van der Waals surface area contributed by atoms with Gasteiger partial charge in [-0.1, -0.05) is 0 Å². The third kappa shape index (κ3) is 7.20. The van der Waals surface area contributed by atoms with Crippen molar-refractivity contribution in [3.63, 3.8) is 0 Å². The molecule has 0 fully saturated rings. The average Bonchev–Trinajstić information content (AvgIpc) is 3.54. The van der Waals surface area contributed by atoms with Gasteiger partial charge >= 0.3 is 282 Å². The van der Waals surface area contributed by atoms with Crippen LogP contribution in [0.5, 0.6) is 0 Å². The zero-order valence-corrected chi connectivity index (χ0v) is 34.0. The molecule has 4 aromatic rings. The molecular weight excluding hydrogens is 691 g/mol. The summed E-state index contributed by atoms with van der Waals surface area (Å²) in [6.07, 6.45) is 7.75. The topological polar surface area (TPSA) is 0 Å². The minimum Gasteiger partial charge on any atom is -0.147 e. The summed E-state index contributed by atoms with van der Waals surface area (Å²) < 4.78 is 1.98. The summed E-state index contributed by atoms with van der Waals surface area (Å²) in [6.45, 7) is 23.8. The Bertz CT molecular complexity index is 1740. The number of hydrogen-bond acceptors (Lipinski definition) is 0. The summed E-state index contributed by atoms with van der Waals surface area (Å²) in [5.74, 6) is 0. The van der Waals surface area contributed by atoms with Crippen molar-refractivity contribution in [2.24, 2.45) is 5.41 Å². The molecule has 2 aliphatic carbocycles. The van der Waals surface area contributed by atoms with Gasteiger partial charge in [0.15, 0.2) is 0 Å². The van der Waals surface area contributed by atoms with E-state index in [4.69, 9.17) is 0 Å². The van der Waals surface area contributed by atoms with Crippen LogP contribution in [-0.2, 0) is 32.1 Å². The Morgan fingerprint density at radius 2 is 1.00 bits per heavy atom. The van der Waals surface area contributed by atoms with Gasteiger partial charge in [-0.25, -0.2) is 0 Å². The molecule has 0 nitrogen and oxygen atoms in total. The molecule has 0 aromatic heterocycles. The Morgan fingerprint density at radius 3 is 1.36 bits per heavy atom. The van der Waals surface area contributed by atoms with Gasteiger partial charge in [-0.05, 0) is 0 Å². The van der Waals surface area contributed by atoms with Gasteiger partial charge in [0, 0.05) is 0 Å². The third-order valence-electron chi connectivity index (χ3n) is 9.94. The Balaban J connectivity index is 0.00000250. The second-order valence-corrected chi connectivity index (χ2v) is 23.9. The van der Waals surface area contributed by atoms with Crippen LogP contribution in [0.25, 0.3) is 11.1 Å². The first-order valence-electron chi connectivity index (χ1n) is 16.7. The van der Waals surface area contributed by atoms with Crippen LogP contribution in [0.4, 0.5) is 0 Å². The number of benzene rings is 4. The molecular formula is C44H52Cl2Zr. The molecule has 2 aliphatic rings. The van der Waals surface area contributed by atoms with Crippen LogP contribution < -0.4 is 0 Å². The number of allylic oxidation sites excluding steroid dienone is 4. The first-order valence-corrected chi connectivity index (χ1v) is 20.5. The zero-order valence-electron chi connectivity index (χ0n) is 29.9. The average molecular weight is 743 g/mol.